The van der Waals surface area contributed by atoms with E-state index in [9.17, 15) is 4.21 Å². The number of nitrogens with zero attached hydrogens (tertiary/aromatic N) is 1. The third-order valence-corrected chi connectivity index (χ3v) is 3.47. The highest BCUT2D eigenvalue weighted by Gasteiger charge is 2.17. The van der Waals surface area contributed by atoms with Gasteiger partial charge in [-0.15, -0.1) is 0 Å². The van der Waals surface area contributed by atoms with Crippen LogP contribution in [0.4, 0.5) is 0 Å². The first-order valence-electron chi connectivity index (χ1n) is 3.85. The molecule has 1 rings (SSSR count). The maximum absolute atomic E-state index is 11.3. The third kappa shape index (κ3) is 2.47. The summed E-state index contributed by atoms with van der Waals surface area (Å²) in [4.78, 5) is 2.24. The van der Waals surface area contributed by atoms with Gasteiger partial charge in [0.2, 0.25) is 0 Å². The lowest BCUT2D eigenvalue weighted by Crippen LogP contribution is -2.50. The van der Waals surface area contributed by atoms with E-state index in [0.29, 0.717) is 18.5 Å². The van der Waals surface area contributed by atoms with Crippen LogP contribution in [-0.4, -0.2) is 40.0 Å². The fourth-order valence-corrected chi connectivity index (χ4v) is 2.13. The van der Waals surface area contributed by atoms with Gasteiger partial charge in [-0.1, -0.05) is 0 Å². The molecule has 0 aromatic heterocycles. The molecule has 0 spiro atoms. The Morgan fingerprint density at radius 1 is 1.64 bits per heavy atom. The van der Waals surface area contributed by atoms with Crippen LogP contribution < -0.4 is 4.72 Å². The summed E-state index contributed by atoms with van der Waals surface area (Å²) in [6.07, 6.45) is 0. The maximum atomic E-state index is 11.3. The average molecular weight is 176 g/mol. The van der Waals surface area contributed by atoms with Gasteiger partial charge in [-0.25, -0.2) is 4.72 Å². The van der Waals surface area contributed by atoms with Crippen LogP contribution in [0.3, 0.4) is 0 Å². The van der Waals surface area contributed by atoms with Gasteiger partial charge < -0.3 is 0 Å². The molecule has 0 aromatic rings. The van der Waals surface area contributed by atoms with E-state index < -0.39 is 9.71 Å². The molecule has 1 aliphatic heterocycles. The Balaban J connectivity index is 2.49. The smallest absolute Gasteiger partial charge is 0.0597 e. The Bertz CT molecular complexity index is 207. The van der Waals surface area contributed by atoms with Crippen molar-refractivity contribution in [2.24, 2.45) is 0 Å². The van der Waals surface area contributed by atoms with Gasteiger partial charge in [0.25, 0.3) is 0 Å². The Kier molecular flexibility index (Phi) is 2.57. The van der Waals surface area contributed by atoms with E-state index in [1.54, 1.807) is 0 Å². The minimum atomic E-state index is -1.94. The lowest BCUT2D eigenvalue weighted by Gasteiger charge is -2.32. The molecule has 0 saturated carbocycles. The third-order valence-electron chi connectivity index (χ3n) is 1.97. The van der Waals surface area contributed by atoms with Gasteiger partial charge in [-0.2, -0.15) is 0 Å². The second kappa shape index (κ2) is 3.13. The van der Waals surface area contributed by atoms with E-state index in [1.165, 1.54) is 0 Å². The predicted octanol–water partition coefficient (Wildman–Crippen LogP) is -0.111. The molecule has 0 bridgehead atoms. The van der Waals surface area contributed by atoms with Gasteiger partial charge in [0, 0.05) is 28.0 Å². The summed E-state index contributed by atoms with van der Waals surface area (Å²) in [5.74, 6) is 4.29. The van der Waals surface area contributed by atoms with Gasteiger partial charge in [0.05, 0.1) is 6.67 Å². The highest BCUT2D eigenvalue weighted by atomic mass is 32.2. The number of hydrogen-bond acceptors (Lipinski definition) is 2. The van der Waals surface area contributed by atoms with E-state index in [1.807, 2.05) is 0 Å². The first-order chi connectivity index (χ1) is 5.01. The molecule has 1 aliphatic rings. The fraction of sp³-hybridized carbons (Fsp3) is 0.857. The second-order valence-corrected chi connectivity index (χ2v) is 5.55. The SMILES string of the molecule is C=S1(=O)CCN(C(C)C)CN1. The Labute approximate surface area is 68.9 Å². The zero-order valence-electron chi connectivity index (χ0n) is 7.17. The van der Waals surface area contributed by atoms with Gasteiger partial charge in [-0.3, -0.25) is 9.11 Å². The van der Waals surface area contributed by atoms with Crippen molar-refractivity contribution in [3.8, 4) is 0 Å². The molecular formula is C7H16N2OS. The van der Waals surface area contributed by atoms with Crippen LogP contribution in [0.5, 0.6) is 0 Å². The van der Waals surface area contributed by atoms with Gasteiger partial charge in [0.1, 0.15) is 0 Å². The van der Waals surface area contributed by atoms with Crippen molar-refractivity contribution >= 4 is 15.6 Å². The first-order valence-corrected chi connectivity index (χ1v) is 5.74. The van der Waals surface area contributed by atoms with Crippen LogP contribution in [0, 0.1) is 0 Å². The monoisotopic (exact) mass is 176 g/mol. The number of nitrogens with one attached hydrogen (secondary N) is 1. The Hall–Kier alpha value is -0.0600. The van der Waals surface area contributed by atoms with E-state index in [-0.39, 0.29) is 0 Å². The zero-order chi connectivity index (χ0) is 8.48. The summed E-state index contributed by atoms with van der Waals surface area (Å²) in [5.41, 5.74) is 0. The lowest BCUT2D eigenvalue weighted by molar-refractivity contribution is 0.224. The standard InChI is InChI=1S/C7H16N2OS/c1-7(2)9-4-5-11(3,10)8-6-9/h7H,3-6H2,1-2H3,(H,8,10). The van der Waals surface area contributed by atoms with E-state index >= 15 is 0 Å². The molecule has 11 heavy (non-hydrogen) atoms. The highest BCUT2D eigenvalue weighted by Crippen LogP contribution is 2.02. The number of rotatable bonds is 1. The topological polar surface area (TPSA) is 32.3 Å². The molecule has 3 nitrogen and oxygen atoms in total. The lowest BCUT2D eigenvalue weighted by atomic mass is 10.3. The molecule has 66 valence electrons. The van der Waals surface area contributed by atoms with Crippen LogP contribution in [0.15, 0.2) is 0 Å². The summed E-state index contributed by atoms with van der Waals surface area (Å²) >= 11 is 0. The summed E-state index contributed by atoms with van der Waals surface area (Å²) < 4.78 is 14.3. The van der Waals surface area contributed by atoms with Crippen LogP contribution in [-0.2, 0) is 9.71 Å². The molecule has 0 aromatic carbocycles. The molecule has 0 amide bonds. The normalized spacial score (nSPS) is 34.5. The largest absolute Gasteiger partial charge is 0.287 e. The minimum Gasteiger partial charge on any atom is -0.287 e. The van der Waals surface area contributed by atoms with Crippen molar-refractivity contribution in [1.29, 1.82) is 0 Å². The molecule has 1 N–H and O–H groups in total. The maximum Gasteiger partial charge on any atom is 0.0597 e. The molecule has 1 fully saturated rings. The fourth-order valence-electron chi connectivity index (χ4n) is 1.06. The quantitative estimate of drug-likeness (QED) is 0.565. The van der Waals surface area contributed by atoms with Crippen LogP contribution >= 0.6 is 0 Å². The summed E-state index contributed by atoms with van der Waals surface area (Å²) in [6.45, 7) is 5.88. The molecule has 0 radical (unpaired) electrons. The van der Waals surface area contributed by atoms with Gasteiger partial charge in [0.15, 0.2) is 0 Å². The van der Waals surface area contributed by atoms with E-state index in [0.717, 1.165) is 6.54 Å². The minimum absolute atomic E-state index is 0.526. The van der Waals surface area contributed by atoms with Crippen molar-refractivity contribution in [3.05, 3.63) is 0 Å². The summed E-state index contributed by atoms with van der Waals surface area (Å²) in [6, 6.07) is 0.526. The molecule has 1 heterocycles. The van der Waals surface area contributed by atoms with Crippen molar-refractivity contribution in [3.63, 3.8) is 0 Å². The summed E-state index contributed by atoms with van der Waals surface area (Å²) in [5, 5.41) is 0. The zero-order valence-corrected chi connectivity index (χ0v) is 7.99. The van der Waals surface area contributed by atoms with E-state index in [2.05, 4.69) is 29.3 Å². The Morgan fingerprint density at radius 3 is 2.64 bits per heavy atom. The van der Waals surface area contributed by atoms with Crippen molar-refractivity contribution in [2.75, 3.05) is 19.0 Å². The molecule has 1 unspecified atom stereocenters. The average Bonchev–Trinajstić information content (AvgIpc) is 1.86. The van der Waals surface area contributed by atoms with E-state index in [4.69, 9.17) is 0 Å². The van der Waals surface area contributed by atoms with Crippen molar-refractivity contribution in [1.82, 2.24) is 9.62 Å². The molecule has 1 atom stereocenters. The van der Waals surface area contributed by atoms with Crippen LogP contribution in [0.2, 0.25) is 0 Å². The van der Waals surface area contributed by atoms with Gasteiger partial charge in [-0.05, 0) is 19.7 Å². The van der Waals surface area contributed by atoms with Crippen molar-refractivity contribution in [2.45, 2.75) is 19.9 Å². The molecule has 0 aliphatic carbocycles. The molecule has 1 saturated heterocycles. The first kappa shape index (κ1) is 9.03. The number of hydrogen-bond donors (Lipinski definition) is 1. The second-order valence-electron chi connectivity index (χ2n) is 3.22. The molecule has 4 heteroatoms. The Morgan fingerprint density at radius 2 is 2.27 bits per heavy atom. The van der Waals surface area contributed by atoms with Crippen LogP contribution in [0.1, 0.15) is 13.8 Å². The highest BCUT2D eigenvalue weighted by molar-refractivity contribution is 7.98. The predicted molar refractivity (Wildman–Crippen MR) is 50.0 cm³/mol. The van der Waals surface area contributed by atoms with Crippen LogP contribution in [0.25, 0.3) is 0 Å². The summed E-state index contributed by atoms with van der Waals surface area (Å²) in [7, 11) is -1.94. The molecular weight excluding hydrogens is 160 g/mol. The van der Waals surface area contributed by atoms with Gasteiger partial charge >= 0.3 is 0 Å². The van der Waals surface area contributed by atoms with Crippen molar-refractivity contribution < 1.29 is 4.21 Å².